The predicted molar refractivity (Wildman–Crippen MR) is 130 cm³/mol. The first-order valence-electron chi connectivity index (χ1n) is 11.2. The van der Waals surface area contributed by atoms with Gasteiger partial charge in [-0.05, 0) is 62.7 Å². The molecule has 174 valence electrons. The summed E-state index contributed by atoms with van der Waals surface area (Å²) in [7, 11) is 0. The van der Waals surface area contributed by atoms with Gasteiger partial charge < -0.3 is 14.8 Å². The minimum absolute atomic E-state index is 0.0310. The maximum atomic E-state index is 13.5. The lowest BCUT2D eigenvalue weighted by atomic mass is 10.0. The number of nitrogens with zero attached hydrogens (tertiary/aromatic N) is 2. The second-order valence-electron chi connectivity index (χ2n) is 8.04. The molecule has 0 atom stereocenters. The van der Waals surface area contributed by atoms with E-state index in [9.17, 15) is 9.59 Å². The molecule has 7 heteroatoms. The summed E-state index contributed by atoms with van der Waals surface area (Å²) in [5, 5.41) is 3.17. The highest BCUT2D eigenvalue weighted by molar-refractivity contribution is 6.36. The Morgan fingerprint density at radius 3 is 2.41 bits per heavy atom. The fourth-order valence-electron chi connectivity index (χ4n) is 3.70. The summed E-state index contributed by atoms with van der Waals surface area (Å²) in [4.78, 5) is 32.4. The molecule has 1 N–H and O–H groups in total. The number of imide groups is 1. The van der Waals surface area contributed by atoms with E-state index in [1.807, 2.05) is 45.0 Å². The third-order valence-electron chi connectivity index (χ3n) is 5.14. The van der Waals surface area contributed by atoms with Crippen molar-refractivity contribution in [1.82, 2.24) is 9.88 Å². The van der Waals surface area contributed by atoms with E-state index in [-0.39, 0.29) is 24.3 Å². The smallest absolute Gasteiger partial charge is 0.278 e. The van der Waals surface area contributed by atoms with Crippen molar-refractivity contribution in [2.24, 2.45) is 0 Å². The van der Waals surface area contributed by atoms with Gasteiger partial charge in [0, 0.05) is 18.0 Å². The van der Waals surface area contributed by atoms with Gasteiger partial charge in [0.1, 0.15) is 17.2 Å². The number of nitrogens with one attached hydrogen (secondary N) is 1. The molecule has 7 nitrogen and oxygen atoms in total. The lowest BCUT2D eigenvalue weighted by Crippen LogP contribution is -2.32. The third kappa shape index (κ3) is 5.09. The molecule has 0 spiro atoms. The Kier molecular flexibility index (Phi) is 6.92. The zero-order valence-corrected chi connectivity index (χ0v) is 19.4. The number of aromatic nitrogens is 1. The Morgan fingerprint density at radius 1 is 0.941 bits per heavy atom. The molecular weight excluding hydrogens is 430 g/mol. The number of pyridine rings is 1. The Bertz CT molecular complexity index is 1200. The van der Waals surface area contributed by atoms with Crippen LogP contribution in [0.3, 0.4) is 0 Å². The van der Waals surface area contributed by atoms with Gasteiger partial charge in [-0.1, -0.05) is 24.3 Å². The van der Waals surface area contributed by atoms with E-state index < -0.39 is 5.91 Å². The van der Waals surface area contributed by atoms with Crippen molar-refractivity contribution in [1.29, 1.82) is 0 Å². The molecule has 2 amide bonds. The largest absolute Gasteiger partial charge is 0.494 e. The first kappa shape index (κ1) is 23.0. The number of benzene rings is 2. The average molecular weight is 458 g/mol. The van der Waals surface area contributed by atoms with Crippen molar-refractivity contribution in [2.75, 3.05) is 11.9 Å². The number of rotatable bonds is 9. The molecule has 2 aromatic carbocycles. The molecule has 0 fully saturated rings. The van der Waals surface area contributed by atoms with Gasteiger partial charge in [-0.3, -0.25) is 19.5 Å². The first-order valence-corrected chi connectivity index (χ1v) is 11.2. The van der Waals surface area contributed by atoms with Crippen LogP contribution in [0.1, 0.15) is 32.0 Å². The van der Waals surface area contributed by atoms with E-state index in [0.717, 1.165) is 0 Å². The van der Waals surface area contributed by atoms with Crippen LogP contribution in [0.15, 0.2) is 78.6 Å². The molecule has 0 radical (unpaired) electrons. The minimum Gasteiger partial charge on any atom is -0.494 e. The predicted octanol–water partition coefficient (Wildman–Crippen LogP) is 4.66. The fourth-order valence-corrected chi connectivity index (χ4v) is 3.70. The summed E-state index contributed by atoms with van der Waals surface area (Å²) >= 11 is 0. The number of carbonyl (C=O) groups is 2. The third-order valence-corrected chi connectivity index (χ3v) is 5.14. The zero-order chi connectivity index (χ0) is 24.1. The fraction of sp³-hybridized carbons (Fsp3) is 0.222. The van der Waals surface area contributed by atoms with Crippen LogP contribution < -0.4 is 14.8 Å². The Labute approximate surface area is 199 Å². The Morgan fingerprint density at radius 2 is 1.74 bits per heavy atom. The average Bonchev–Trinajstić information content (AvgIpc) is 3.05. The van der Waals surface area contributed by atoms with Gasteiger partial charge in [0.25, 0.3) is 11.8 Å². The summed E-state index contributed by atoms with van der Waals surface area (Å²) in [5.74, 6) is 0.582. The van der Waals surface area contributed by atoms with Crippen molar-refractivity contribution < 1.29 is 19.1 Å². The molecular formula is C27H27N3O4. The molecule has 0 bridgehead atoms. The lowest BCUT2D eigenvalue weighted by molar-refractivity contribution is -0.137. The van der Waals surface area contributed by atoms with E-state index in [0.29, 0.717) is 40.6 Å². The highest BCUT2D eigenvalue weighted by atomic mass is 16.5. The summed E-state index contributed by atoms with van der Waals surface area (Å²) < 4.78 is 11.3. The van der Waals surface area contributed by atoms with Crippen LogP contribution in [0.2, 0.25) is 0 Å². The molecule has 0 saturated carbocycles. The highest BCUT2D eigenvalue weighted by Crippen LogP contribution is 2.33. The molecule has 1 aliphatic heterocycles. The van der Waals surface area contributed by atoms with Crippen LogP contribution in [0.4, 0.5) is 5.69 Å². The maximum Gasteiger partial charge on any atom is 0.278 e. The number of anilines is 1. The molecule has 0 saturated heterocycles. The van der Waals surface area contributed by atoms with Crippen molar-refractivity contribution >= 4 is 23.1 Å². The zero-order valence-electron chi connectivity index (χ0n) is 19.4. The quantitative estimate of drug-likeness (QED) is 0.471. The number of amides is 2. The molecule has 3 aromatic rings. The summed E-state index contributed by atoms with van der Waals surface area (Å²) in [6, 6.07) is 19.9. The van der Waals surface area contributed by atoms with Crippen molar-refractivity contribution in [3.8, 4) is 11.5 Å². The number of hydrogen-bond acceptors (Lipinski definition) is 6. The van der Waals surface area contributed by atoms with E-state index in [1.165, 1.54) is 4.90 Å². The van der Waals surface area contributed by atoms with Crippen LogP contribution in [-0.2, 0) is 16.1 Å². The van der Waals surface area contributed by atoms with Crippen LogP contribution >= 0.6 is 0 Å². The Balaban J connectivity index is 1.71. The second kappa shape index (κ2) is 10.2. The van der Waals surface area contributed by atoms with Gasteiger partial charge in [0.05, 0.1) is 30.5 Å². The van der Waals surface area contributed by atoms with Crippen molar-refractivity contribution in [3.05, 3.63) is 89.9 Å². The van der Waals surface area contributed by atoms with Gasteiger partial charge >= 0.3 is 0 Å². The minimum atomic E-state index is -0.407. The summed E-state index contributed by atoms with van der Waals surface area (Å²) in [6.07, 6.45) is 1.67. The normalized spacial score (nSPS) is 13.6. The maximum absolute atomic E-state index is 13.5. The van der Waals surface area contributed by atoms with E-state index in [4.69, 9.17) is 9.47 Å². The van der Waals surface area contributed by atoms with Crippen LogP contribution in [0.25, 0.3) is 5.57 Å². The second-order valence-corrected chi connectivity index (χ2v) is 8.04. The van der Waals surface area contributed by atoms with E-state index in [2.05, 4.69) is 10.3 Å². The van der Waals surface area contributed by atoms with Crippen molar-refractivity contribution in [2.45, 2.75) is 33.4 Å². The lowest BCUT2D eigenvalue weighted by Gasteiger charge is -2.15. The van der Waals surface area contributed by atoms with Gasteiger partial charge in [-0.2, -0.15) is 0 Å². The molecule has 2 heterocycles. The number of carbonyl (C=O) groups excluding carboxylic acids is 2. The highest BCUT2D eigenvalue weighted by Gasteiger charge is 2.39. The molecule has 0 aliphatic carbocycles. The monoisotopic (exact) mass is 457 g/mol. The number of ether oxygens (including phenoxy) is 2. The van der Waals surface area contributed by atoms with Gasteiger partial charge in [0.15, 0.2) is 0 Å². The molecule has 1 aromatic heterocycles. The molecule has 0 unspecified atom stereocenters. The standard InChI is InChI=1S/C27H27N3O4/c1-4-33-23-10-7-9-20(16-23)29-25-24(19-11-13-22(14-12-19)34-18(2)3)26(31)30(27(25)32)17-21-8-5-6-15-28-21/h5-16,18,29H,4,17H2,1-3H3. The van der Waals surface area contributed by atoms with Crippen molar-refractivity contribution in [3.63, 3.8) is 0 Å². The van der Waals surface area contributed by atoms with Gasteiger partial charge in [-0.15, -0.1) is 0 Å². The summed E-state index contributed by atoms with van der Waals surface area (Å²) in [6.45, 7) is 6.41. The molecule has 1 aliphatic rings. The number of hydrogen-bond donors (Lipinski definition) is 1. The summed E-state index contributed by atoms with van der Waals surface area (Å²) in [5.41, 5.74) is 2.43. The van der Waals surface area contributed by atoms with Crippen LogP contribution in [-0.4, -0.2) is 34.4 Å². The van der Waals surface area contributed by atoms with Gasteiger partial charge in [0.2, 0.25) is 0 Å². The van der Waals surface area contributed by atoms with Crippen LogP contribution in [0, 0.1) is 0 Å². The Hall–Kier alpha value is -4.13. The van der Waals surface area contributed by atoms with E-state index in [1.54, 1.807) is 48.7 Å². The molecule has 34 heavy (non-hydrogen) atoms. The van der Waals surface area contributed by atoms with E-state index >= 15 is 0 Å². The van der Waals surface area contributed by atoms with Crippen LogP contribution in [0.5, 0.6) is 11.5 Å². The first-order chi connectivity index (χ1) is 16.5. The molecule has 4 rings (SSSR count). The SMILES string of the molecule is CCOc1cccc(NC2=C(c3ccc(OC(C)C)cc3)C(=O)N(Cc3ccccn3)C2=O)c1. The topological polar surface area (TPSA) is 80.8 Å². The van der Waals surface area contributed by atoms with Gasteiger partial charge in [-0.25, -0.2) is 0 Å².